The molecule has 0 radical (unpaired) electrons. The highest BCUT2D eigenvalue weighted by Crippen LogP contribution is 2.23. The van der Waals surface area contributed by atoms with E-state index in [-0.39, 0.29) is 11.6 Å². The molecule has 0 saturated carbocycles. The van der Waals surface area contributed by atoms with Gasteiger partial charge >= 0.3 is 0 Å². The molecule has 1 fully saturated rings. The van der Waals surface area contributed by atoms with Gasteiger partial charge in [-0.25, -0.2) is 15.0 Å². The number of amides is 1. The molecule has 3 aromatic rings. The summed E-state index contributed by atoms with van der Waals surface area (Å²) in [6.45, 7) is 3.97. The van der Waals surface area contributed by atoms with Crippen LogP contribution < -0.4 is 15.5 Å². The van der Waals surface area contributed by atoms with Crippen molar-refractivity contribution in [2.24, 2.45) is 0 Å². The summed E-state index contributed by atoms with van der Waals surface area (Å²) in [7, 11) is 0. The van der Waals surface area contributed by atoms with Crippen LogP contribution in [-0.4, -0.2) is 38.9 Å². The Balaban J connectivity index is 1.44. The molecule has 0 aliphatic carbocycles. The topological polar surface area (TPSA) is 95.9 Å². The number of hydrogen-bond acceptors (Lipinski definition) is 7. The molecule has 4 rings (SSSR count). The minimum Gasteiger partial charge on any atom is -0.356 e. The summed E-state index contributed by atoms with van der Waals surface area (Å²) >= 11 is 0. The van der Waals surface area contributed by atoms with Crippen LogP contribution in [0, 0.1) is 6.92 Å². The highest BCUT2D eigenvalue weighted by atomic mass is 16.1. The molecule has 0 bridgehead atoms. The van der Waals surface area contributed by atoms with Crippen molar-refractivity contribution in [2.75, 3.05) is 28.6 Å². The molecule has 142 valence electrons. The lowest BCUT2D eigenvalue weighted by Crippen LogP contribution is -2.19. The number of carbonyl (C=O) groups is 1. The van der Waals surface area contributed by atoms with Crippen LogP contribution in [0.5, 0.6) is 0 Å². The summed E-state index contributed by atoms with van der Waals surface area (Å²) in [5.74, 6) is 2.15. The fraction of sp³-hybridized carbons (Fsp3) is 0.250. The first kappa shape index (κ1) is 17.8. The van der Waals surface area contributed by atoms with Crippen molar-refractivity contribution >= 4 is 28.9 Å². The molecule has 8 heteroatoms. The molecule has 1 aromatic carbocycles. The van der Waals surface area contributed by atoms with E-state index in [1.807, 2.05) is 37.3 Å². The third-order valence-corrected chi connectivity index (χ3v) is 4.47. The zero-order chi connectivity index (χ0) is 19.3. The van der Waals surface area contributed by atoms with Gasteiger partial charge < -0.3 is 15.5 Å². The first-order valence-corrected chi connectivity index (χ1v) is 9.22. The van der Waals surface area contributed by atoms with E-state index in [1.54, 1.807) is 0 Å². The molecular weight excluding hydrogens is 354 g/mol. The van der Waals surface area contributed by atoms with Crippen LogP contribution in [0.25, 0.3) is 0 Å². The molecule has 28 heavy (non-hydrogen) atoms. The van der Waals surface area contributed by atoms with Gasteiger partial charge in [-0.05, 0) is 44.0 Å². The third-order valence-electron chi connectivity index (χ3n) is 4.47. The Morgan fingerprint density at radius 3 is 2.50 bits per heavy atom. The molecule has 2 N–H and O–H groups in total. The van der Waals surface area contributed by atoms with Crippen molar-refractivity contribution in [2.45, 2.75) is 19.8 Å². The Morgan fingerprint density at radius 2 is 1.79 bits per heavy atom. The number of carbonyl (C=O) groups excluding carboxylic acids is 1. The Hall–Kier alpha value is -3.55. The van der Waals surface area contributed by atoms with Crippen LogP contribution >= 0.6 is 0 Å². The average Bonchev–Trinajstić information content (AvgIpc) is 3.25. The number of rotatable bonds is 5. The minimum absolute atomic E-state index is 0.274. The normalized spacial score (nSPS) is 13.4. The Morgan fingerprint density at radius 1 is 1.04 bits per heavy atom. The van der Waals surface area contributed by atoms with Gasteiger partial charge in [0.05, 0.1) is 6.20 Å². The number of benzene rings is 1. The zero-order valence-electron chi connectivity index (χ0n) is 15.6. The van der Waals surface area contributed by atoms with Crippen LogP contribution in [0.4, 0.5) is 23.0 Å². The number of aryl methyl sites for hydroxylation is 1. The molecule has 8 nitrogen and oxygen atoms in total. The molecule has 2 aromatic heterocycles. The molecular formula is C20H21N7O. The van der Waals surface area contributed by atoms with Crippen LogP contribution in [0.3, 0.4) is 0 Å². The lowest BCUT2D eigenvalue weighted by Gasteiger charge is -2.18. The molecule has 0 spiro atoms. The van der Waals surface area contributed by atoms with E-state index in [0.717, 1.165) is 36.2 Å². The van der Waals surface area contributed by atoms with E-state index in [1.165, 1.54) is 31.4 Å². The lowest BCUT2D eigenvalue weighted by molar-refractivity contribution is 0.102. The van der Waals surface area contributed by atoms with Gasteiger partial charge in [-0.1, -0.05) is 0 Å². The van der Waals surface area contributed by atoms with Gasteiger partial charge in [0.15, 0.2) is 0 Å². The van der Waals surface area contributed by atoms with Crippen LogP contribution in [0.1, 0.15) is 29.2 Å². The van der Waals surface area contributed by atoms with Crippen LogP contribution in [-0.2, 0) is 0 Å². The number of aromatic nitrogens is 4. The number of nitrogens with zero attached hydrogens (tertiary/aromatic N) is 5. The van der Waals surface area contributed by atoms with Crippen LogP contribution in [0.2, 0.25) is 0 Å². The van der Waals surface area contributed by atoms with Gasteiger partial charge in [0.2, 0.25) is 0 Å². The highest BCUT2D eigenvalue weighted by Gasteiger charge is 2.15. The second-order valence-corrected chi connectivity index (χ2v) is 6.60. The van der Waals surface area contributed by atoms with Crippen LogP contribution in [0.15, 0.2) is 48.9 Å². The molecule has 1 saturated heterocycles. The summed E-state index contributed by atoms with van der Waals surface area (Å²) in [6.07, 6.45) is 6.85. The Labute approximate surface area is 163 Å². The van der Waals surface area contributed by atoms with Gasteiger partial charge in [-0.15, -0.1) is 0 Å². The quantitative estimate of drug-likeness (QED) is 0.707. The highest BCUT2D eigenvalue weighted by molar-refractivity contribution is 6.02. The summed E-state index contributed by atoms with van der Waals surface area (Å²) in [4.78, 5) is 31.3. The first-order valence-electron chi connectivity index (χ1n) is 9.22. The van der Waals surface area contributed by atoms with Gasteiger partial charge in [-0.3, -0.25) is 9.78 Å². The van der Waals surface area contributed by atoms with Gasteiger partial charge in [0.1, 0.15) is 23.2 Å². The molecule has 0 unspecified atom stereocenters. The maximum atomic E-state index is 12.1. The van der Waals surface area contributed by atoms with E-state index in [2.05, 4.69) is 35.5 Å². The summed E-state index contributed by atoms with van der Waals surface area (Å²) in [5.41, 5.74) is 1.83. The predicted molar refractivity (Wildman–Crippen MR) is 108 cm³/mol. The Kier molecular flexibility index (Phi) is 5.09. The molecule has 1 aliphatic rings. The third kappa shape index (κ3) is 4.22. The van der Waals surface area contributed by atoms with Crippen molar-refractivity contribution in [3.05, 3.63) is 60.4 Å². The van der Waals surface area contributed by atoms with E-state index >= 15 is 0 Å². The van der Waals surface area contributed by atoms with Gasteiger partial charge in [-0.2, -0.15) is 0 Å². The Bertz CT molecular complexity index is 954. The van der Waals surface area contributed by atoms with E-state index in [4.69, 9.17) is 0 Å². The number of anilines is 4. The fourth-order valence-corrected chi connectivity index (χ4v) is 3.12. The van der Waals surface area contributed by atoms with E-state index in [0.29, 0.717) is 5.69 Å². The minimum atomic E-state index is -0.296. The van der Waals surface area contributed by atoms with Crippen molar-refractivity contribution < 1.29 is 4.79 Å². The van der Waals surface area contributed by atoms with Crippen molar-refractivity contribution in [3.8, 4) is 0 Å². The molecule has 0 atom stereocenters. The predicted octanol–water partition coefficient (Wildman–Crippen LogP) is 3.17. The molecule has 1 aliphatic heterocycles. The fourth-order valence-electron chi connectivity index (χ4n) is 3.12. The summed E-state index contributed by atoms with van der Waals surface area (Å²) in [5, 5.41) is 6.11. The summed E-state index contributed by atoms with van der Waals surface area (Å²) in [6, 6.07) is 9.40. The average molecular weight is 375 g/mol. The van der Waals surface area contributed by atoms with Gasteiger partial charge in [0, 0.05) is 42.9 Å². The smallest absolute Gasteiger partial charge is 0.275 e. The second kappa shape index (κ2) is 7.99. The number of hydrogen-bond donors (Lipinski definition) is 2. The molecule has 1 amide bonds. The SMILES string of the molecule is Cc1nc(Nc2ccc(NC(=O)c3cnccn3)cc2)cc(N2CCCC2)n1. The van der Waals surface area contributed by atoms with Gasteiger partial charge in [0.25, 0.3) is 5.91 Å². The molecule has 3 heterocycles. The van der Waals surface area contributed by atoms with Crippen molar-refractivity contribution in [1.82, 2.24) is 19.9 Å². The summed E-state index contributed by atoms with van der Waals surface area (Å²) < 4.78 is 0. The van der Waals surface area contributed by atoms with Crippen molar-refractivity contribution in [3.63, 3.8) is 0 Å². The first-order chi connectivity index (χ1) is 13.7. The van der Waals surface area contributed by atoms with E-state index in [9.17, 15) is 4.79 Å². The zero-order valence-corrected chi connectivity index (χ0v) is 15.6. The maximum Gasteiger partial charge on any atom is 0.275 e. The maximum absolute atomic E-state index is 12.1. The number of nitrogens with one attached hydrogen (secondary N) is 2. The van der Waals surface area contributed by atoms with E-state index < -0.39 is 0 Å². The monoisotopic (exact) mass is 375 g/mol. The lowest BCUT2D eigenvalue weighted by atomic mass is 10.2. The standard InChI is InChI=1S/C20H21N7O/c1-14-23-18(12-19(24-14)27-10-2-3-11-27)25-15-4-6-16(7-5-15)26-20(28)17-13-21-8-9-22-17/h4-9,12-13H,2-3,10-11H2,1H3,(H,26,28)(H,23,24,25). The van der Waals surface area contributed by atoms with Crippen molar-refractivity contribution in [1.29, 1.82) is 0 Å². The largest absolute Gasteiger partial charge is 0.356 e. The second-order valence-electron chi connectivity index (χ2n) is 6.60.